The Kier molecular flexibility index (Phi) is 5.01. The topological polar surface area (TPSA) is 15.3 Å². The van der Waals surface area contributed by atoms with Crippen LogP contribution >= 0.6 is 15.9 Å². The molecule has 2 nitrogen and oxygen atoms in total. The Morgan fingerprint density at radius 3 is 2.65 bits per heavy atom. The fourth-order valence-corrected chi connectivity index (χ4v) is 3.15. The zero-order valence-corrected chi connectivity index (χ0v) is 12.0. The van der Waals surface area contributed by atoms with Crippen LogP contribution in [-0.2, 0) is 0 Å². The Labute approximate surface area is 113 Å². The van der Waals surface area contributed by atoms with Gasteiger partial charge in [0, 0.05) is 17.6 Å². The van der Waals surface area contributed by atoms with E-state index in [1.54, 1.807) is 0 Å². The van der Waals surface area contributed by atoms with Gasteiger partial charge in [-0.2, -0.15) is 0 Å². The second kappa shape index (κ2) is 6.53. The molecule has 0 bridgehead atoms. The lowest BCUT2D eigenvalue weighted by atomic mass is 9.89. The maximum absolute atomic E-state index is 3.67. The number of hydrogen-bond acceptors (Lipinski definition) is 2. The Bertz CT molecular complexity index is 346. The molecule has 1 saturated heterocycles. The van der Waals surface area contributed by atoms with Crippen molar-refractivity contribution in [2.24, 2.45) is 0 Å². The van der Waals surface area contributed by atoms with E-state index in [1.165, 1.54) is 42.5 Å². The Hall–Kier alpha value is -0.380. The summed E-state index contributed by atoms with van der Waals surface area (Å²) in [6.45, 7) is 4.74. The zero-order valence-electron chi connectivity index (χ0n) is 10.5. The van der Waals surface area contributed by atoms with Gasteiger partial charge in [0.25, 0.3) is 0 Å². The molecule has 1 fully saturated rings. The first-order chi connectivity index (χ1) is 8.31. The van der Waals surface area contributed by atoms with E-state index in [4.69, 9.17) is 0 Å². The quantitative estimate of drug-likeness (QED) is 0.919. The second-order valence-electron chi connectivity index (χ2n) is 4.74. The van der Waals surface area contributed by atoms with Crippen LogP contribution < -0.4 is 5.32 Å². The molecule has 1 aromatic carbocycles. The van der Waals surface area contributed by atoms with Crippen LogP contribution in [0.1, 0.15) is 24.3 Å². The Balaban J connectivity index is 1.89. The van der Waals surface area contributed by atoms with Crippen LogP contribution in [0.25, 0.3) is 0 Å². The summed E-state index contributed by atoms with van der Waals surface area (Å²) < 4.78 is 1.27. The number of rotatable bonds is 4. The summed E-state index contributed by atoms with van der Waals surface area (Å²) in [6, 6.07) is 8.66. The monoisotopic (exact) mass is 296 g/mol. The van der Waals surface area contributed by atoms with Crippen molar-refractivity contribution in [3.05, 3.63) is 34.3 Å². The van der Waals surface area contributed by atoms with Gasteiger partial charge in [-0.3, -0.25) is 0 Å². The van der Waals surface area contributed by atoms with Crippen molar-refractivity contribution in [1.82, 2.24) is 10.2 Å². The first-order valence-corrected chi connectivity index (χ1v) is 7.22. The first-order valence-electron chi connectivity index (χ1n) is 6.42. The molecule has 1 aliphatic heterocycles. The summed E-state index contributed by atoms with van der Waals surface area (Å²) in [5.41, 5.74) is 1.49. The van der Waals surface area contributed by atoms with E-state index in [2.05, 4.69) is 50.4 Å². The molecule has 0 unspecified atom stereocenters. The Morgan fingerprint density at radius 2 is 2.00 bits per heavy atom. The molecule has 0 saturated carbocycles. The number of benzene rings is 1. The minimum Gasteiger partial charge on any atom is -0.318 e. The highest BCUT2D eigenvalue weighted by molar-refractivity contribution is 9.10. The fourth-order valence-electron chi connectivity index (χ4n) is 2.54. The third kappa shape index (κ3) is 3.54. The first kappa shape index (κ1) is 13.1. The number of nitrogens with one attached hydrogen (secondary N) is 1. The van der Waals surface area contributed by atoms with Crippen molar-refractivity contribution in [2.45, 2.75) is 18.8 Å². The molecule has 0 aliphatic carbocycles. The van der Waals surface area contributed by atoms with Gasteiger partial charge < -0.3 is 10.2 Å². The van der Waals surface area contributed by atoms with Gasteiger partial charge in [0.1, 0.15) is 0 Å². The number of nitrogens with zero attached hydrogens (tertiary/aromatic N) is 1. The molecule has 1 aliphatic rings. The SMILES string of the molecule is CNCCN1CCC(c2ccccc2Br)CC1. The van der Waals surface area contributed by atoms with E-state index in [0.717, 1.165) is 12.5 Å². The zero-order chi connectivity index (χ0) is 12.1. The van der Waals surface area contributed by atoms with Crippen molar-refractivity contribution in [1.29, 1.82) is 0 Å². The molecule has 1 heterocycles. The van der Waals surface area contributed by atoms with Crippen LogP contribution in [-0.4, -0.2) is 38.1 Å². The molecule has 0 radical (unpaired) electrons. The maximum atomic E-state index is 3.67. The molecule has 3 heteroatoms. The normalized spacial score (nSPS) is 18.5. The van der Waals surface area contributed by atoms with Crippen molar-refractivity contribution >= 4 is 15.9 Å². The van der Waals surface area contributed by atoms with Gasteiger partial charge >= 0.3 is 0 Å². The van der Waals surface area contributed by atoms with Crippen molar-refractivity contribution < 1.29 is 0 Å². The predicted octanol–water partition coefficient (Wildman–Crippen LogP) is 2.85. The van der Waals surface area contributed by atoms with Gasteiger partial charge in [-0.25, -0.2) is 0 Å². The van der Waals surface area contributed by atoms with Crippen molar-refractivity contribution in [3.63, 3.8) is 0 Å². The summed E-state index contributed by atoms with van der Waals surface area (Å²) >= 11 is 3.67. The van der Waals surface area contributed by atoms with Gasteiger partial charge in [-0.05, 0) is 50.5 Å². The summed E-state index contributed by atoms with van der Waals surface area (Å²) in [6.07, 6.45) is 2.57. The summed E-state index contributed by atoms with van der Waals surface area (Å²) in [7, 11) is 2.02. The van der Waals surface area contributed by atoms with Gasteiger partial charge in [0.05, 0.1) is 0 Å². The second-order valence-corrected chi connectivity index (χ2v) is 5.60. The van der Waals surface area contributed by atoms with Crippen molar-refractivity contribution in [2.75, 3.05) is 33.2 Å². The smallest absolute Gasteiger partial charge is 0.0210 e. The van der Waals surface area contributed by atoms with E-state index in [0.29, 0.717) is 0 Å². The summed E-state index contributed by atoms with van der Waals surface area (Å²) in [5, 5.41) is 3.22. The van der Waals surface area contributed by atoms with Gasteiger partial charge in [0.2, 0.25) is 0 Å². The van der Waals surface area contributed by atoms with Crippen LogP contribution in [0.5, 0.6) is 0 Å². The lowest BCUT2D eigenvalue weighted by Gasteiger charge is -2.32. The number of likely N-dealkylation sites (N-methyl/N-ethyl adjacent to an activating group) is 1. The van der Waals surface area contributed by atoms with Crippen molar-refractivity contribution in [3.8, 4) is 0 Å². The third-order valence-electron chi connectivity index (χ3n) is 3.61. The minimum absolute atomic E-state index is 0.733. The fraction of sp³-hybridized carbons (Fsp3) is 0.571. The molecule has 1 aromatic rings. The number of hydrogen-bond donors (Lipinski definition) is 1. The van der Waals surface area contributed by atoms with Gasteiger partial charge in [0.15, 0.2) is 0 Å². The van der Waals surface area contributed by atoms with E-state index in [9.17, 15) is 0 Å². The van der Waals surface area contributed by atoms with E-state index in [-0.39, 0.29) is 0 Å². The molecule has 0 spiro atoms. The largest absolute Gasteiger partial charge is 0.318 e. The standard InChI is InChI=1S/C14H21BrN2/c1-16-8-11-17-9-6-12(7-10-17)13-4-2-3-5-14(13)15/h2-5,12,16H,6-11H2,1H3. The molecular weight excluding hydrogens is 276 g/mol. The number of halogens is 1. The van der Waals surface area contributed by atoms with Crippen LogP contribution in [0.2, 0.25) is 0 Å². The van der Waals surface area contributed by atoms with E-state index in [1.807, 2.05) is 7.05 Å². The lowest BCUT2D eigenvalue weighted by molar-refractivity contribution is 0.214. The van der Waals surface area contributed by atoms with Crippen LogP contribution in [0, 0.1) is 0 Å². The molecule has 17 heavy (non-hydrogen) atoms. The molecule has 0 amide bonds. The molecule has 94 valence electrons. The molecular formula is C14H21BrN2. The maximum Gasteiger partial charge on any atom is 0.0210 e. The van der Waals surface area contributed by atoms with Crippen LogP contribution in [0.4, 0.5) is 0 Å². The highest BCUT2D eigenvalue weighted by Gasteiger charge is 2.21. The van der Waals surface area contributed by atoms with Crippen LogP contribution in [0.15, 0.2) is 28.7 Å². The average molecular weight is 297 g/mol. The average Bonchev–Trinajstić information content (AvgIpc) is 2.38. The predicted molar refractivity (Wildman–Crippen MR) is 76.5 cm³/mol. The highest BCUT2D eigenvalue weighted by atomic mass is 79.9. The molecule has 1 N–H and O–H groups in total. The third-order valence-corrected chi connectivity index (χ3v) is 4.33. The molecule has 0 atom stereocenters. The number of piperidine rings is 1. The van der Waals surface area contributed by atoms with E-state index >= 15 is 0 Å². The van der Waals surface area contributed by atoms with Crippen LogP contribution in [0.3, 0.4) is 0 Å². The highest BCUT2D eigenvalue weighted by Crippen LogP contribution is 2.32. The number of likely N-dealkylation sites (tertiary alicyclic amines) is 1. The Morgan fingerprint density at radius 1 is 1.29 bits per heavy atom. The van der Waals surface area contributed by atoms with Gasteiger partial charge in [-0.1, -0.05) is 34.1 Å². The summed E-state index contributed by atoms with van der Waals surface area (Å²) in [4.78, 5) is 2.56. The van der Waals surface area contributed by atoms with E-state index < -0.39 is 0 Å². The minimum atomic E-state index is 0.733. The van der Waals surface area contributed by atoms with Gasteiger partial charge in [-0.15, -0.1) is 0 Å². The molecule has 2 rings (SSSR count). The lowest BCUT2D eigenvalue weighted by Crippen LogP contribution is -2.37. The molecule has 0 aromatic heterocycles. The summed E-state index contributed by atoms with van der Waals surface area (Å²) in [5.74, 6) is 0.733.